The van der Waals surface area contributed by atoms with Gasteiger partial charge in [0.05, 0.1) is 17.3 Å². The molecule has 4 nitrogen and oxygen atoms in total. The van der Waals surface area contributed by atoms with Crippen LogP contribution < -0.4 is 0 Å². The van der Waals surface area contributed by atoms with Crippen LogP contribution in [-0.4, -0.2) is 20.9 Å². The first kappa shape index (κ1) is 12.9. The van der Waals surface area contributed by atoms with E-state index in [1.54, 1.807) is 0 Å². The van der Waals surface area contributed by atoms with Crippen molar-refractivity contribution in [1.29, 1.82) is 0 Å². The number of benzene rings is 1. The Balaban J connectivity index is 2.02. The number of aliphatic carboxylic acids is 1. The average Bonchev–Trinajstić information content (AvgIpc) is 2.76. The van der Waals surface area contributed by atoms with Crippen LogP contribution in [0.3, 0.4) is 0 Å². The molecule has 1 aliphatic carbocycles. The summed E-state index contributed by atoms with van der Waals surface area (Å²) in [4.78, 5) is 11.2. The molecule has 0 aliphatic heterocycles. The lowest BCUT2D eigenvalue weighted by Gasteiger charge is -2.20. The van der Waals surface area contributed by atoms with Gasteiger partial charge in [0.15, 0.2) is 0 Å². The highest BCUT2D eigenvalue weighted by Crippen LogP contribution is 2.29. The topological polar surface area (TPSA) is 55.1 Å². The third-order valence-corrected chi connectivity index (χ3v) is 4.10. The van der Waals surface area contributed by atoms with Gasteiger partial charge in [0.25, 0.3) is 0 Å². The molecule has 1 atom stereocenters. The molecule has 0 saturated heterocycles. The number of fused-ring (bicyclic) bond motifs is 1. The fourth-order valence-electron chi connectivity index (χ4n) is 2.90. The Morgan fingerprint density at radius 2 is 2.00 bits per heavy atom. The van der Waals surface area contributed by atoms with E-state index in [1.807, 2.05) is 11.6 Å². The fourth-order valence-corrected chi connectivity index (χ4v) is 2.90. The summed E-state index contributed by atoms with van der Waals surface area (Å²) in [7, 11) is 0. The maximum absolute atomic E-state index is 11.2. The zero-order chi connectivity index (χ0) is 14.3. The Morgan fingerprint density at radius 3 is 2.65 bits per heavy atom. The minimum atomic E-state index is -0.696. The van der Waals surface area contributed by atoms with Crippen LogP contribution in [0.2, 0.25) is 0 Å². The van der Waals surface area contributed by atoms with Gasteiger partial charge < -0.3 is 5.11 Å². The van der Waals surface area contributed by atoms with E-state index in [0.717, 1.165) is 23.4 Å². The average molecular weight is 270 g/mol. The molecule has 1 heterocycles. The van der Waals surface area contributed by atoms with E-state index in [4.69, 9.17) is 0 Å². The van der Waals surface area contributed by atoms with Crippen LogP contribution in [0.1, 0.15) is 28.9 Å². The second-order valence-electron chi connectivity index (χ2n) is 5.54. The third kappa shape index (κ3) is 2.11. The van der Waals surface area contributed by atoms with Gasteiger partial charge in [-0.25, -0.2) is 4.68 Å². The van der Waals surface area contributed by atoms with Crippen molar-refractivity contribution in [1.82, 2.24) is 9.78 Å². The van der Waals surface area contributed by atoms with Crippen molar-refractivity contribution >= 4 is 5.97 Å². The molecule has 1 unspecified atom stereocenters. The Morgan fingerprint density at radius 1 is 1.30 bits per heavy atom. The number of rotatable bonds is 2. The molecule has 2 aromatic rings. The summed E-state index contributed by atoms with van der Waals surface area (Å²) >= 11 is 0. The number of hydrogen-bond acceptors (Lipinski definition) is 2. The van der Waals surface area contributed by atoms with Crippen LogP contribution in [0.25, 0.3) is 5.69 Å². The van der Waals surface area contributed by atoms with Crippen LogP contribution in [-0.2, 0) is 17.6 Å². The first-order valence-corrected chi connectivity index (χ1v) is 6.93. The lowest BCUT2D eigenvalue weighted by Crippen LogP contribution is -2.23. The maximum Gasteiger partial charge on any atom is 0.306 e. The quantitative estimate of drug-likeness (QED) is 0.912. The molecule has 104 valence electrons. The van der Waals surface area contributed by atoms with Crippen LogP contribution in [0.5, 0.6) is 0 Å². The standard InChI is InChI=1S/C16H18N2O2/c1-10-3-6-13(7-4-10)18-15-8-5-12(16(19)20)9-14(15)11(2)17-18/h3-4,6-7,12H,5,8-9H2,1-2H3,(H,19,20). The number of nitrogens with zero attached hydrogens (tertiary/aromatic N) is 2. The maximum atomic E-state index is 11.2. The third-order valence-electron chi connectivity index (χ3n) is 4.10. The molecule has 1 aromatic heterocycles. The summed E-state index contributed by atoms with van der Waals surface area (Å²) in [5.74, 6) is -0.963. The summed E-state index contributed by atoms with van der Waals surface area (Å²) in [6.07, 6.45) is 2.07. The monoisotopic (exact) mass is 270 g/mol. The highest BCUT2D eigenvalue weighted by Gasteiger charge is 2.29. The molecule has 0 amide bonds. The number of carboxylic acid groups (broad SMARTS) is 1. The van der Waals surface area contributed by atoms with Crippen molar-refractivity contribution in [3.05, 3.63) is 46.8 Å². The van der Waals surface area contributed by atoms with Crippen LogP contribution in [0.15, 0.2) is 24.3 Å². The fraction of sp³-hybridized carbons (Fsp3) is 0.375. The summed E-state index contributed by atoms with van der Waals surface area (Å²) in [5.41, 5.74) is 5.51. The van der Waals surface area contributed by atoms with Crippen molar-refractivity contribution in [2.75, 3.05) is 0 Å². The predicted molar refractivity (Wildman–Crippen MR) is 76.2 cm³/mol. The summed E-state index contributed by atoms with van der Waals surface area (Å²) < 4.78 is 1.97. The molecule has 3 rings (SSSR count). The SMILES string of the molecule is Cc1ccc(-n2nc(C)c3c2CCC(C(=O)O)C3)cc1. The van der Waals surface area contributed by atoms with E-state index in [9.17, 15) is 9.90 Å². The molecule has 0 spiro atoms. The first-order valence-electron chi connectivity index (χ1n) is 6.93. The van der Waals surface area contributed by atoms with Crippen molar-refractivity contribution in [3.8, 4) is 5.69 Å². The molecule has 1 aliphatic rings. The Kier molecular flexibility index (Phi) is 3.08. The molecular formula is C16H18N2O2. The van der Waals surface area contributed by atoms with Gasteiger partial charge in [-0.15, -0.1) is 0 Å². The number of carboxylic acids is 1. The van der Waals surface area contributed by atoms with Gasteiger partial charge in [-0.2, -0.15) is 5.10 Å². The Labute approximate surface area is 118 Å². The van der Waals surface area contributed by atoms with Crippen molar-refractivity contribution in [2.24, 2.45) is 5.92 Å². The van der Waals surface area contributed by atoms with Gasteiger partial charge in [-0.05, 0) is 50.8 Å². The van der Waals surface area contributed by atoms with E-state index in [0.29, 0.717) is 12.8 Å². The number of aromatic nitrogens is 2. The lowest BCUT2D eigenvalue weighted by atomic mass is 9.86. The highest BCUT2D eigenvalue weighted by molar-refractivity contribution is 5.71. The van der Waals surface area contributed by atoms with E-state index in [1.165, 1.54) is 11.3 Å². The van der Waals surface area contributed by atoms with Crippen molar-refractivity contribution in [2.45, 2.75) is 33.1 Å². The molecule has 1 aromatic carbocycles. The van der Waals surface area contributed by atoms with E-state index < -0.39 is 5.97 Å². The van der Waals surface area contributed by atoms with Crippen LogP contribution in [0.4, 0.5) is 0 Å². The lowest BCUT2D eigenvalue weighted by molar-refractivity contribution is -0.142. The molecule has 4 heteroatoms. The molecule has 1 N–H and O–H groups in total. The van der Waals surface area contributed by atoms with Crippen LogP contribution in [0, 0.1) is 19.8 Å². The second-order valence-corrected chi connectivity index (χ2v) is 5.54. The van der Waals surface area contributed by atoms with Gasteiger partial charge in [0.2, 0.25) is 0 Å². The molecule has 0 fully saturated rings. The first-order chi connectivity index (χ1) is 9.56. The van der Waals surface area contributed by atoms with E-state index >= 15 is 0 Å². The largest absolute Gasteiger partial charge is 0.481 e. The summed E-state index contributed by atoms with van der Waals surface area (Å²) in [6.45, 7) is 4.03. The molecular weight excluding hydrogens is 252 g/mol. The van der Waals surface area contributed by atoms with Crippen molar-refractivity contribution in [3.63, 3.8) is 0 Å². The normalized spacial score (nSPS) is 17.8. The zero-order valence-corrected chi connectivity index (χ0v) is 11.8. The summed E-state index contributed by atoms with van der Waals surface area (Å²) in [6, 6.07) is 8.26. The minimum Gasteiger partial charge on any atom is -0.481 e. The number of carbonyl (C=O) groups is 1. The molecule has 0 saturated carbocycles. The second kappa shape index (κ2) is 4.78. The minimum absolute atomic E-state index is 0.267. The van der Waals surface area contributed by atoms with Gasteiger partial charge >= 0.3 is 5.97 Å². The van der Waals surface area contributed by atoms with Gasteiger partial charge in [0, 0.05) is 5.69 Å². The number of hydrogen-bond donors (Lipinski definition) is 1. The van der Waals surface area contributed by atoms with Gasteiger partial charge in [-0.1, -0.05) is 17.7 Å². The van der Waals surface area contributed by atoms with Crippen molar-refractivity contribution < 1.29 is 9.90 Å². The van der Waals surface area contributed by atoms with E-state index in [2.05, 4.69) is 36.3 Å². The van der Waals surface area contributed by atoms with E-state index in [-0.39, 0.29) is 5.92 Å². The Bertz CT molecular complexity index is 656. The molecule has 20 heavy (non-hydrogen) atoms. The zero-order valence-electron chi connectivity index (χ0n) is 11.8. The molecule has 0 radical (unpaired) electrons. The van der Waals surface area contributed by atoms with Gasteiger partial charge in [-0.3, -0.25) is 4.79 Å². The van der Waals surface area contributed by atoms with Crippen LogP contribution >= 0.6 is 0 Å². The molecule has 0 bridgehead atoms. The Hall–Kier alpha value is -2.10. The smallest absolute Gasteiger partial charge is 0.306 e. The number of aryl methyl sites for hydroxylation is 2. The predicted octanol–water partition coefficient (Wildman–Crippen LogP) is 2.68. The highest BCUT2D eigenvalue weighted by atomic mass is 16.4. The summed E-state index contributed by atoms with van der Waals surface area (Å²) in [5, 5.41) is 13.8. The van der Waals surface area contributed by atoms with Gasteiger partial charge in [0.1, 0.15) is 0 Å².